The summed E-state index contributed by atoms with van der Waals surface area (Å²) in [6.45, 7) is 3.97. The first-order valence-electron chi connectivity index (χ1n) is 6.49. The van der Waals surface area contributed by atoms with E-state index in [1.54, 1.807) is 0 Å². The van der Waals surface area contributed by atoms with Crippen molar-refractivity contribution >= 4 is 11.8 Å². The van der Waals surface area contributed by atoms with Gasteiger partial charge in [0.15, 0.2) is 0 Å². The summed E-state index contributed by atoms with van der Waals surface area (Å²) in [5.41, 5.74) is 5.68. The number of carbonyl (C=O) groups is 2. The molecule has 0 atom stereocenters. The van der Waals surface area contributed by atoms with Crippen LogP contribution in [0.2, 0.25) is 0 Å². The van der Waals surface area contributed by atoms with Gasteiger partial charge in [-0.15, -0.1) is 0 Å². The molecule has 4 nitrogen and oxygen atoms in total. The molecule has 1 saturated carbocycles. The van der Waals surface area contributed by atoms with Gasteiger partial charge in [-0.25, -0.2) is 0 Å². The third-order valence-corrected chi connectivity index (χ3v) is 3.90. The molecule has 2 amide bonds. The van der Waals surface area contributed by atoms with Gasteiger partial charge in [0.05, 0.1) is 0 Å². The molecule has 17 heavy (non-hydrogen) atoms. The molecule has 1 heterocycles. The fraction of sp³-hybridized carbons (Fsp3) is 0.846. The van der Waals surface area contributed by atoms with E-state index >= 15 is 0 Å². The van der Waals surface area contributed by atoms with Crippen LogP contribution in [-0.4, -0.2) is 28.8 Å². The fourth-order valence-electron chi connectivity index (χ4n) is 2.96. The van der Waals surface area contributed by atoms with Crippen molar-refractivity contribution in [3.8, 4) is 0 Å². The molecule has 1 aliphatic carbocycles. The standard InChI is InChI=1S/C13H22N2O2/c1-13(2)7-11(16)15(12(17)8-13)10-5-3-9(14)4-6-10/h9-10H,3-8,14H2,1-2H3. The van der Waals surface area contributed by atoms with Crippen LogP contribution in [0.25, 0.3) is 0 Å². The van der Waals surface area contributed by atoms with Crippen LogP contribution in [0, 0.1) is 5.41 Å². The molecule has 2 fully saturated rings. The van der Waals surface area contributed by atoms with Gasteiger partial charge in [0.2, 0.25) is 11.8 Å². The Bertz CT molecular complexity index is 310. The summed E-state index contributed by atoms with van der Waals surface area (Å²) >= 11 is 0. The van der Waals surface area contributed by atoms with Gasteiger partial charge in [-0.3, -0.25) is 14.5 Å². The molecule has 0 bridgehead atoms. The van der Waals surface area contributed by atoms with Crippen LogP contribution in [0.1, 0.15) is 52.4 Å². The number of piperidine rings is 1. The maximum atomic E-state index is 12.1. The predicted molar refractivity (Wildman–Crippen MR) is 65.1 cm³/mol. The van der Waals surface area contributed by atoms with Crippen molar-refractivity contribution in [2.45, 2.75) is 64.5 Å². The van der Waals surface area contributed by atoms with Crippen molar-refractivity contribution in [2.75, 3.05) is 0 Å². The number of imide groups is 1. The van der Waals surface area contributed by atoms with Gasteiger partial charge < -0.3 is 5.73 Å². The van der Waals surface area contributed by atoms with Gasteiger partial charge in [0.25, 0.3) is 0 Å². The monoisotopic (exact) mass is 238 g/mol. The molecule has 2 aliphatic rings. The Labute approximate surface area is 103 Å². The van der Waals surface area contributed by atoms with E-state index in [-0.39, 0.29) is 29.3 Å². The summed E-state index contributed by atoms with van der Waals surface area (Å²) in [7, 11) is 0. The molecule has 2 rings (SSSR count). The summed E-state index contributed by atoms with van der Waals surface area (Å²) in [5, 5.41) is 0. The summed E-state index contributed by atoms with van der Waals surface area (Å²) in [6.07, 6.45) is 4.57. The molecule has 2 N–H and O–H groups in total. The van der Waals surface area contributed by atoms with Gasteiger partial charge in [-0.2, -0.15) is 0 Å². The number of hydrogen-bond donors (Lipinski definition) is 1. The first kappa shape index (κ1) is 12.6. The zero-order valence-electron chi connectivity index (χ0n) is 10.7. The van der Waals surface area contributed by atoms with Gasteiger partial charge in [-0.1, -0.05) is 13.8 Å². The van der Waals surface area contributed by atoms with Gasteiger partial charge in [0, 0.05) is 24.9 Å². The number of amides is 2. The van der Waals surface area contributed by atoms with Crippen molar-refractivity contribution in [1.82, 2.24) is 4.90 Å². The highest BCUT2D eigenvalue weighted by atomic mass is 16.2. The molecular formula is C13H22N2O2. The van der Waals surface area contributed by atoms with E-state index in [4.69, 9.17) is 5.73 Å². The Kier molecular flexibility index (Phi) is 3.25. The molecule has 0 spiro atoms. The van der Waals surface area contributed by atoms with Crippen molar-refractivity contribution in [3.63, 3.8) is 0 Å². The van der Waals surface area contributed by atoms with Crippen molar-refractivity contribution in [3.05, 3.63) is 0 Å². The maximum Gasteiger partial charge on any atom is 0.229 e. The van der Waals surface area contributed by atoms with E-state index in [1.807, 2.05) is 13.8 Å². The minimum Gasteiger partial charge on any atom is -0.328 e. The largest absolute Gasteiger partial charge is 0.328 e. The van der Waals surface area contributed by atoms with E-state index in [9.17, 15) is 9.59 Å². The Morgan fingerprint density at radius 1 is 1.06 bits per heavy atom. The Morgan fingerprint density at radius 2 is 1.53 bits per heavy atom. The topological polar surface area (TPSA) is 63.4 Å². The fourth-order valence-corrected chi connectivity index (χ4v) is 2.96. The lowest BCUT2D eigenvalue weighted by atomic mass is 9.80. The van der Waals surface area contributed by atoms with Gasteiger partial charge in [0.1, 0.15) is 0 Å². The summed E-state index contributed by atoms with van der Waals surface area (Å²) in [4.78, 5) is 25.7. The highest BCUT2D eigenvalue weighted by Gasteiger charge is 2.41. The van der Waals surface area contributed by atoms with E-state index in [0.717, 1.165) is 25.7 Å². The van der Waals surface area contributed by atoms with Crippen molar-refractivity contribution < 1.29 is 9.59 Å². The Hall–Kier alpha value is -0.900. The SMILES string of the molecule is CC1(C)CC(=O)N(C2CCC(N)CC2)C(=O)C1. The number of likely N-dealkylation sites (tertiary alicyclic amines) is 1. The number of nitrogens with zero attached hydrogens (tertiary/aromatic N) is 1. The molecule has 1 saturated heterocycles. The summed E-state index contributed by atoms with van der Waals surface area (Å²) in [5.74, 6) is 0.0124. The minimum absolute atomic E-state index is 0.00622. The highest BCUT2D eigenvalue weighted by Crippen LogP contribution is 2.34. The van der Waals surface area contributed by atoms with Gasteiger partial charge >= 0.3 is 0 Å². The van der Waals surface area contributed by atoms with E-state index < -0.39 is 0 Å². The molecule has 0 aromatic rings. The van der Waals surface area contributed by atoms with Crippen molar-refractivity contribution in [1.29, 1.82) is 0 Å². The Balaban J connectivity index is 2.06. The predicted octanol–water partition coefficient (Wildman–Crippen LogP) is 1.43. The normalized spacial score (nSPS) is 33.9. The summed E-state index contributed by atoms with van der Waals surface area (Å²) < 4.78 is 0. The van der Waals surface area contributed by atoms with Crippen LogP contribution in [0.15, 0.2) is 0 Å². The lowest BCUT2D eigenvalue weighted by Crippen LogP contribution is -2.52. The zero-order chi connectivity index (χ0) is 12.6. The smallest absolute Gasteiger partial charge is 0.229 e. The molecule has 1 aliphatic heterocycles. The van der Waals surface area contributed by atoms with Crippen LogP contribution in [0.5, 0.6) is 0 Å². The molecule has 0 radical (unpaired) electrons. The van der Waals surface area contributed by atoms with Crippen molar-refractivity contribution in [2.24, 2.45) is 11.1 Å². The van der Waals surface area contributed by atoms with E-state index in [2.05, 4.69) is 0 Å². The van der Waals surface area contributed by atoms with Crippen LogP contribution < -0.4 is 5.73 Å². The van der Waals surface area contributed by atoms with Gasteiger partial charge in [-0.05, 0) is 31.1 Å². The van der Waals surface area contributed by atoms with Crippen LogP contribution in [0.3, 0.4) is 0 Å². The lowest BCUT2D eigenvalue weighted by Gasteiger charge is -2.41. The average Bonchev–Trinajstić information content (AvgIpc) is 2.18. The number of hydrogen-bond acceptors (Lipinski definition) is 3. The third-order valence-electron chi connectivity index (χ3n) is 3.90. The Morgan fingerprint density at radius 3 is 2.00 bits per heavy atom. The van der Waals surface area contributed by atoms with Crippen LogP contribution in [0.4, 0.5) is 0 Å². The quantitative estimate of drug-likeness (QED) is 0.703. The lowest BCUT2D eigenvalue weighted by molar-refractivity contribution is -0.156. The molecule has 0 aromatic heterocycles. The molecule has 0 unspecified atom stereocenters. The highest BCUT2D eigenvalue weighted by molar-refractivity contribution is 5.98. The number of nitrogens with two attached hydrogens (primary N) is 1. The average molecular weight is 238 g/mol. The third kappa shape index (κ3) is 2.68. The molecule has 4 heteroatoms. The van der Waals surface area contributed by atoms with E-state index in [1.165, 1.54) is 4.90 Å². The zero-order valence-corrected chi connectivity index (χ0v) is 10.7. The minimum atomic E-state index is -0.171. The first-order chi connectivity index (χ1) is 7.89. The first-order valence-corrected chi connectivity index (χ1v) is 6.49. The molecule has 96 valence electrons. The second-order valence-corrected chi connectivity index (χ2v) is 6.24. The van der Waals surface area contributed by atoms with Crippen LogP contribution >= 0.6 is 0 Å². The molecular weight excluding hydrogens is 216 g/mol. The van der Waals surface area contributed by atoms with E-state index in [0.29, 0.717) is 12.8 Å². The summed E-state index contributed by atoms with van der Waals surface area (Å²) in [6, 6.07) is 0.351. The maximum absolute atomic E-state index is 12.1. The number of carbonyl (C=O) groups excluding carboxylic acids is 2. The number of rotatable bonds is 1. The molecule has 0 aromatic carbocycles. The second kappa shape index (κ2) is 4.41. The second-order valence-electron chi connectivity index (χ2n) is 6.24. The van der Waals surface area contributed by atoms with Crippen LogP contribution in [-0.2, 0) is 9.59 Å².